The van der Waals surface area contributed by atoms with Crippen LogP contribution in [0.1, 0.15) is 38.2 Å². The number of phenols is 1. The van der Waals surface area contributed by atoms with Crippen molar-refractivity contribution in [1.82, 2.24) is 0 Å². The standard InChI is InChI=1S/C27H28O4/c1-17-16-24(31)14-15-25(17)27(20-6-12-23(30)13-7-20)26(18-2-8-21(28)9-3-18)19-4-10-22(29)11-5-19/h2,4,6-8,10,12-17,25,28-31H,3,5,9,11H2,1H3. The van der Waals surface area contributed by atoms with E-state index >= 15 is 0 Å². The van der Waals surface area contributed by atoms with E-state index < -0.39 is 0 Å². The van der Waals surface area contributed by atoms with Crippen molar-refractivity contribution in [2.45, 2.75) is 32.6 Å². The van der Waals surface area contributed by atoms with E-state index in [1.165, 1.54) is 0 Å². The largest absolute Gasteiger partial charge is 0.512 e. The molecule has 0 fully saturated rings. The highest BCUT2D eigenvalue weighted by atomic mass is 16.3. The third-order valence-corrected chi connectivity index (χ3v) is 6.15. The van der Waals surface area contributed by atoms with Crippen LogP contribution in [0.3, 0.4) is 0 Å². The van der Waals surface area contributed by atoms with Crippen LogP contribution in [0, 0.1) is 11.8 Å². The number of aromatic hydroxyl groups is 1. The Morgan fingerprint density at radius 1 is 0.774 bits per heavy atom. The maximum atomic E-state index is 10.0. The van der Waals surface area contributed by atoms with Crippen molar-refractivity contribution in [3.63, 3.8) is 0 Å². The minimum Gasteiger partial charge on any atom is -0.512 e. The molecule has 0 saturated carbocycles. The first kappa shape index (κ1) is 20.9. The number of allylic oxidation sites excluding steroid dienone is 13. The van der Waals surface area contributed by atoms with Crippen molar-refractivity contribution < 1.29 is 20.4 Å². The van der Waals surface area contributed by atoms with Gasteiger partial charge in [0.25, 0.3) is 0 Å². The lowest BCUT2D eigenvalue weighted by molar-refractivity contribution is 0.385. The molecule has 0 spiro atoms. The van der Waals surface area contributed by atoms with Crippen molar-refractivity contribution >= 4 is 5.57 Å². The molecular formula is C27H28O4. The maximum Gasteiger partial charge on any atom is 0.115 e. The minimum atomic E-state index is 0.0243. The van der Waals surface area contributed by atoms with Gasteiger partial charge >= 0.3 is 0 Å². The molecule has 4 rings (SSSR count). The summed E-state index contributed by atoms with van der Waals surface area (Å²) < 4.78 is 0. The van der Waals surface area contributed by atoms with Crippen molar-refractivity contribution in [1.29, 1.82) is 0 Å². The second-order valence-electron chi connectivity index (χ2n) is 8.37. The first-order chi connectivity index (χ1) is 14.9. The molecule has 0 heterocycles. The van der Waals surface area contributed by atoms with E-state index in [4.69, 9.17) is 0 Å². The first-order valence-electron chi connectivity index (χ1n) is 10.7. The van der Waals surface area contributed by atoms with E-state index in [2.05, 4.69) is 6.92 Å². The highest BCUT2D eigenvalue weighted by Crippen LogP contribution is 2.44. The van der Waals surface area contributed by atoms with Gasteiger partial charge in [0.15, 0.2) is 0 Å². The van der Waals surface area contributed by atoms with Crippen molar-refractivity contribution in [3.05, 3.63) is 106 Å². The zero-order chi connectivity index (χ0) is 22.0. The van der Waals surface area contributed by atoms with Gasteiger partial charge in [-0.05, 0) is 83.1 Å². The third-order valence-electron chi connectivity index (χ3n) is 6.15. The monoisotopic (exact) mass is 416 g/mol. The van der Waals surface area contributed by atoms with Crippen LogP contribution < -0.4 is 0 Å². The van der Waals surface area contributed by atoms with Gasteiger partial charge in [0, 0.05) is 18.8 Å². The van der Waals surface area contributed by atoms with E-state index in [-0.39, 0.29) is 23.3 Å². The Morgan fingerprint density at radius 3 is 1.84 bits per heavy atom. The Labute approximate surface area is 182 Å². The van der Waals surface area contributed by atoms with Crippen LogP contribution in [0.15, 0.2) is 101 Å². The van der Waals surface area contributed by atoms with Gasteiger partial charge in [0.2, 0.25) is 0 Å². The number of hydrogen-bond donors (Lipinski definition) is 4. The van der Waals surface area contributed by atoms with Crippen LogP contribution in [0.4, 0.5) is 0 Å². The molecule has 0 bridgehead atoms. The van der Waals surface area contributed by atoms with E-state index in [1.807, 2.05) is 36.4 Å². The Kier molecular flexibility index (Phi) is 5.90. The van der Waals surface area contributed by atoms with Gasteiger partial charge < -0.3 is 20.4 Å². The summed E-state index contributed by atoms with van der Waals surface area (Å²) in [6.07, 6.45) is 15.7. The summed E-state index contributed by atoms with van der Waals surface area (Å²) in [7, 11) is 0. The van der Waals surface area contributed by atoms with Crippen LogP contribution >= 0.6 is 0 Å². The van der Waals surface area contributed by atoms with E-state index in [9.17, 15) is 20.4 Å². The predicted octanol–water partition coefficient (Wildman–Crippen LogP) is 6.73. The topological polar surface area (TPSA) is 80.9 Å². The zero-order valence-corrected chi connectivity index (χ0v) is 17.6. The molecule has 4 nitrogen and oxygen atoms in total. The van der Waals surface area contributed by atoms with Crippen LogP contribution in [-0.2, 0) is 0 Å². The zero-order valence-electron chi connectivity index (χ0n) is 17.6. The van der Waals surface area contributed by atoms with Crippen LogP contribution in [-0.4, -0.2) is 20.4 Å². The number of aliphatic hydroxyl groups is 3. The average molecular weight is 417 g/mol. The molecule has 2 unspecified atom stereocenters. The number of rotatable bonds is 4. The van der Waals surface area contributed by atoms with Gasteiger partial charge in [0.05, 0.1) is 11.5 Å². The highest BCUT2D eigenvalue weighted by molar-refractivity contribution is 5.81. The van der Waals surface area contributed by atoms with Gasteiger partial charge in [-0.15, -0.1) is 0 Å². The molecule has 3 aliphatic carbocycles. The molecule has 1 aromatic rings. The first-order valence-corrected chi connectivity index (χ1v) is 10.7. The quantitative estimate of drug-likeness (QED) is 0.438. The van der Waals surface area contributed by atoms with Crippen LogP contribution in [0.2, 0.25) is 0 Å². The minimum absolute atomic E-state index is 0.0243. The second-order valence-corrected chi connectivity index (χ2v) is 8.37. The number of hydrogen-bond acceptors (Lipinski definition) is 4. The summed E-state index contributed by atoms with van der Waals surface area (Å²) in [5.41, 5.74) is 5.52. The summed E-state index contributed by atoms with van der Waals surface area (Å²) in [6.45, 7) is 2.09. The SMILES string of the molecule is CC1C=C(O)C=CC1C(=C(C1=CC=C(O)CC1)C1=CC=C(O)CC1)c1ccc(O)cc1. The number of benzene rings is 1. The predicted molar refractivity (Wildman–Crippen MR) is 124 cm³/mol. The summed E-state index contributed by atoms with van der Waals surface area (Å²) in [6, 6.07) is 7.24. The Morgan fingerprint density at radius 2 is 1.35 bits per heavy atom. The normalized spacial score (nSPS) is 23.2. The van der Waals surface area contributed by atoms with Crippen LogP contribution in [0.5, 0.6) is 5.75 Å². The maximum absolute atomic E-state index is 10.0. The molecule has 0 amide bonds. The van der Waals surface area contributed by atoms with Crippen LogP contribution in [0.25, 0.3) is 5.57 Å². The average Bonchev–Trinajstić information content (AvgIpc) is 2.75. The van der Waals surface area contributed by atoms with Crippen molar-refractivity contribution in [2.24, 2.45) is 11.8 Å². The van der Waals surface area contributed by atoms with Gasteiger partial charge in [0.1, 0.15) is 11.5 Å². The smallest absolute Gasteiger partial charge is 0.115 e. The molecular weight excluding hydrogens is 388 g/mol. The van der Waals surface area contributed by atoms with E-state index in [0.717, 1.165) is 40.7 Å². The van der Waals surface area contributed by atoms with Gasteiger partial charge in [-0.1, -0.05) is 37.3 Å². The molecule has 0 aliphatic heterocycles. The Balaban J connectivity index is 1.98. The molecule has 4 N–H and O–H groups in total. The van der Waals surface area contributed by atoms with Crippen molar-refractivity contribution in [2.75, 3.05) is 0 Å². The van der Waals surface area contributed by atoms with Gasteiger partial charge in [-0.3, -0.25) is 0 Å². The molecule has 160 valence electrons. The fourth-order valence-electron chi connectivity index (χ4n) is 4.53. The van der Waals surface area contributed by atoms with E-state index in [1.54, 1.807) is 30.4 Å². The molecule has 31 heavy (non-hydrogen) atoms. The fourth-order valence-corrected chi connectivity index (χ4v) is 4.53. The molecule has 3 aliphatic rings. The lowest BCUT2D eigenvalue weighted by Gasteiger charge is -2.31. The molecule has 1 aromatic carbocycles. The molecule has 0 radical (unpaired) electrons. The Bertz CT molecular complexity index is 1030. The van der Waals surface area contributed by atoms with E-state index in [0.29, 0.717) is 24.4 Å². The third kappa shape index (κ3) is 4.53. The summed E-state index contributed by atoms with van der Waals surface area (Å²) in [5, 5.41) is 39.7. The summed E-state index contributed by atoms with van der Waals surface area (Å²) in [4.78, 5) is 0. The lowest BCUT2D eigenvalue weighted by atomic mass is 9.73. The fraction of sp³-hybridized carbons (Fsp3) is 0.259. The summed E-state index contributed by atoms with van der Waals surface area (Å²) in [5.74, 6) is 1.33. The lowest BCUT2D eigenvalue weighted by Crippen LogP contribution is -2.17. The van der Waals surface area contributed by atoms with Gasteiger partial charge in [-0.2, -0.15) is 0 Å². The molecule has 2 atom stereocenters. The van der Waals surface area contributed by atoms with Gasteiger partial charge in [-0.25, -0.2) is 0 Å². The number of phenolic OH excluding ortho intramolecular Hbond substituents is 1. The second kappa shape index (κ2) is 8.76. The molecule has 0 aromatic heterocycles. The summed E-state index contributed by atoms with van der Waals surface area (Å²) >= 11 is 0. The Hall–Kier alpha value is -3.40. The molecule has 4 heteroatoms. The highest BCUT2D eigenvalue weighted by Gasteiger charge is 2.28. The molecule has 0 saturated heterocycles. The number of aliphatic hydroxyl groups excluding tert-OH is 3. The van der Waals surface area contributed by atoms with Crippen molar-refractivity contribution in [3.8, 4) is 5.75 Å².